The lowest BCUT2D eigenvalue weighted by atomic mass is 10.3. The number of hydrogen-bond donors (Lipinski definition) is 0. The molecule has 0 radical (unpaired) electrons. The molecule has 8 heteroatoms. The van der Waals surface area contributed by atoms with Crippen LogP contribution in [0.5, 0.6) is 0 Å². The lowest BCUT2D eigenvalue weighted by Gasteiger charge is -2.07. The van der Waals surface area contributed by atoms with Crippen LogP contribution in [-0.2, 0) is 18.8 Å². The van der Waals surface area contributed by atoms with Gasteiger partial charge in [-0.15, -0.1) is 0 Å². The largest absolute Gasteiger partial charge is 0.752 e. The molecule has 1 aromatic heterocycles. The van der Waals surface area contributed by atoms with Crippen molar-refractivity contribution in [1.29, 1.82) is 5.39 Å². The van der Waals surface area contributed by atoms with Crippen LogP contribution in [0.3, 0.4) is 0 Å². The summed E-state index contributed by atoms with van der Waals surface area (Å²) in [6, 6.07) is 8.07. The average molecular weight is 270 g/mol. The zero-order chi connectivity index (χ0) is 13.3. The van der Waals surface area contributed by atoms with Crippen LogP contribution in [-0.4, -0.2) is 9.78 Å². The first kappa shape index (κ1) is 12.3. The number of diazo groups is 1. The Labute approximate surface area is 105 Å². The first-order valence-corrected chi connectivity index (χ1v) is 5.13. The van der Waals surface area contributed by atoms with Crippen molar-refractivity contribution in [2.45, 2.75) is 11.2 Å². The molecule has 0 saturated heterocycles. The first-order valence-electron chi connectivity index (χ1n) is 4.73. The molecule has 0 saturated carbocycles. The van der Waals surface area contributed by atoms with Crippen molar-refractivity contribution in [3.8, 4) is 5.69 Å². The van der Waals surface area contributed by atoms with Gasteiger partial charge in [-0.1, -0.05) is 18.2 Å². The van der Waals surface area contributed by atoms with E-state index in [1.54, 1.807) is 30.3 Å². The molecular weight excluding hydrogens is 265 g/mol. The molecule has 18 heavy (non-hydrogen) atoms. The second kappa shape index (κ2) is 4.27. The smallest absolute Gasteiger partial charge is 0.443 e. The molecule has 2 rings (SSSR count). The molecule has 4 nitrogen and oxygen atoms in total. The van der Waals surface area contributed by atoms with E-state index < -0.39 is 17.6 Å². The average Bonchev–Trinajstić information content (AvgIpc) is 2.67. The van der Waals surface area contributed by atoms with Crippen molar-refractivity contribution in [2.24, 2.45) is 0 Å². The maximum atomic E-state index is 12.7. The molecule has 0 aliphatic rings. The highest BCUT2D eigenvalue weighted by atomic mass is 32.1. The number of halogens is 3. The molecule has 92 valence electrons. The third-order valence-electron chi connectivity index (χ3n) is 2.19. The normalized spacial score (nSPS) is 11.2. The lowest BCUT2D eigenvalue weighted by Crippen LogP contribution is -2.07. The summed E-state index contributed by atoms with van der Waals surface area (Å²) < 4.78 is 38.9. The lowest BCUT2D eigenvalue weighted by molar-refractivity contribution is -0.140. The molecule has 0 N–H and O–H groups in total. The Hall–Kier alpha value is -2.14. The van der Waals surface area contributed by atoms with Gasteiger partial charge in [-0.2, -0.15) is 18.3 Å². The van der Waals surface area contributed by atoms with Crippen molar-refractivity contribution in [2.75, 3.05) is 0 Å². The minimum Gasteiger partial charge on any atom is -0.752 e. The summed E-state index contributed by atoms with van der Waals surface area (Å²) in [6.07, 6.45) is -4.73. The van der Waals surface area contributed by atoms with Crippen LogP contribution in [0.1, 0.15) is 5.69 Å². The van der Waals surface area contributed by atoms with Gasteiger partial charge in [0.15, 0.2) is 4.98 Å². The Morgan fingerprint density at radius 3 is 2.28 bits per heavy atom. The van der Waals surface area contributed by atoms with Gasteiger partial charge in [0, 0.05) is 5.03 Å². The van der Waals surface area contributed by atoms with Crippen LogP contribution < -0.4 is 0 Å². The third-order valence-corrected chi connectivity index (χ3v) is 2.55. The summed E-state index contributed by atoms with van der Waals surface area (Å²) in [5.74, 6) is 0. The molecule has 0 spiro atoms. The Morgan fingerprint density at radius 2 is 1.83 bits per heavy atom. The highest BCUT2D eigenvalue weighted by Gasteiger charge is 2.43. The molecule has 0 unspecified atom stereocenters. The molecule has 0 bridgehead atoms. The van der Waals surface area contributed by atoms with E-state index in [0.717, 1.165) is 4.68 Å². The molecule has 2 aromatic rings. The zero-order valence-electron chi connectivity index (χ0n) is 8.72. The van der Waals surface area contributed by atoms with Crippen LogP contribution in [0.15, 0.2) is 35.4 Å². The predicted octanol–water partition coefficient (Wildman–Crippen LogP) is 3.28. The van der Waals surface area contributed by atoms with Gasteiger partial charge in [-0.3, -0.25) is 4.68 Å². The van der Waals surface area contributed by atoms with E-state index in [0.29, 0.717) is 5.69 Å². The quantitative estimate of drug-likeness (QED) is 0.590. The predicted molar refractivity (Wildman–Crippen MR) is 58.9 cm³/mol. The number of alkyl halides is 3. The second-order valence-electron chi connectivity index (χ2n) is 3.35. The SMILES string of the molecule is N#[N+]c1c(C(F)(F)F)nn(-c2ccccc2)c1[S-]. The first-order chi connectivity index (χ1) is 8.45. The third kappa shape index (κ3) is 2.00. The Morgan fingerprint density at radius 1 is 1.22 bits per heavy atom. The molecule has 0 aliphatic carbocycles. The minimum absolute atomic E-state index is 0.295. The molecule has 0 fully saturated rings. The van der Waals surface area contributed by atoms with Crippen LogP contribution >= 0.6 is 0 Å². The van der Waals surface area contributed by atoms with Gasteiger partial charge in [0.2, 0.25) is 5.39 Å². The van der Waals surface area contributed by atoms with Gasteiger partial charge >= 0.3 is 11.9 Å². The topological polar surface area (TPSA) is 46.0 Å². The fourth-order valence-electron chi connectivity index (χ4n) is 1.42. The van der Waals surface area contributed by atoms with Gasteiger partial charge in [0.25, 0.3) is 5.69 Å². The number of nitrogens with zero attached hydrogens (tertiary/aromatic N) is 4. The highest BCUT2D eigenvalue weighted by molar-refractivity contribution is 7.58. The molecule has 1 heterocycles. The summed E-state index contributed by atoms with van der Waals surface area (Å²) in [4.78, 5) is 2.58. The summed E-state index contributed by atoms with van der Waals surface area (Å²) in [5.41, 5.74) is -1.69. The van der Waals surface area contributed by atoms with Gasteiger partial charge in [-0.05, 0) is 12.1 Å². The Kier molecular flexibility index (Phi) is 2.92. The van der Waals surface area contributed by atoms with Crippen molar-refractivity contribution >= 4 is 18.3 Å². The van der Waals surface area contributed by atoms with Crippen molar-refractivity contribution in [1.82, 2.24) is 9.78 Å². The van der Waals surface area contributed by atoms with Crippen molar-refractivity contribution < 1.29 is 13.2 Å². The van der Waals surface area contributed by atoms with Crippen molar-refractivity contribution in [3.63, 3.8) is 0 Å². The number of rotatable bonds is 1. The zero-order valence-corrected chi connectivity index (χ0v) is 9.53. The van der Waals surface area contributed by atoms with Gasteiger partial charge in [0.05, 0.1) is 5.69 Å². The van der Waals surface area contributed by atoms with Crippen molar-refractivity contribution in [3.05, 3.63) is 41.0 Å². The molecule has 0 aliphatic heterocycles. The van der Waals surface area contributed by atoms with Crippen LogP contribution in [0.25, 0.3) is 10.7 Å². The summed E-state index contributed by atoms with van der Waals surface area (Å²) in [7, 11) is 0. The second-order valence-corrected chi connectivity index (χ2v) is 3.73. The minimum atomic E-state index is -4.73. The van der Waals surface area contributed by atoms with E-state index >= 15 is 0 Å². The molecule has 0 atom stereocenters. The number of aromatic nitrogens is 2. The van der Waals surface area contributed by atoms with Crippen LogP contribution in [0.2, 0.25) is 0 Å². The van der Waals surface area contributed by atoms with E-state index in [2.05, 4.69) is 10.1 Å². The van der Waals surface area contributed by atoms with E-state index in [1.807, 2.05) is 0 Å². The van der Waals surface area contributed by atoms with Gasteiger partial charge in [-0.25, -0.2) is 0 Å². The van der Waals surface area contributed by atoms with Crippen LogP contribution in [0, 0.1) is 5.39 Å². The van der Waals surface area contributed by atoms with Gasteiger partial charge < -0.3 is 12.6 Å². The summed E-state index contributed by atoms with van der Waals surface area (Å²) in [5, 5.41) is 11.7. The molecule has 1 aromatic carbocycles. The van der Waals surface area contributed by atoms with E-state index in [-0.39, 0.29) is 5.03 Å². The summed E-state index contributed by atoms with van der Waals surface area (Å²) in [6.45, 7) is 0. The Balaban J connectivity index is 2.66. The number of benzene rings is 1. The highest BCUT2D eigenvalue weighted by Crippen LogP contribution is 2.38. The summed E-state index contributed by atoms with van der Waals surface area (Å²) >= 11 is 4.81. The monoisotopic (exact) mass is 270 g/mol. The fourth-order valence-corrected chi connectivity index (χ4v) is 1.70. The number of para-hydroxylation sites is 1. The standard InChI is InChI=1S/C10H5F3N4S/c11-10(12,13)8-7(15-14)9(18)17(16-8)6-4-2-1-3-5-6/h1-5H. The van der Waals surface area contributed by atoms with E-state index in [1.165, 1.54) is 0 Å². The molecular formula is C10H5F3N4S. The fraction of sp³-hybridized carbons (Fsp3) is 0.100. The Bertz CT molecular complexity index is 613. The van der Waals surface area contributed by atoms with Crippen LogP contribution in [0.4, 0.5) is 18.9 Å². The molecule has 0 amide bonds. The maximum Gasteiger partial charge on any atom is 0.443 e. The van der Waals surface area contributed by atoms with E-state index in [9.17, 15) is 13.2 Å². The maximum absolute atomic E-state index is 12.7. The number of hydrogen-bond acceptors (Lipinski definition) is 3. The van der Waals surface area contributed by atoms with Gasteiger partial charge in [0.1, 0.15) is 0 Å². The van der Waals surface area contributed by atoms with E-state index in [4.69, 9.17) is 18.0 Å².